The van der Waals surface area contributed by atoms with Crippen LogP contribution >= 0.6 is 11.8 Å². The molecule has 1 aromatic rings. The zero-order chi connectivity index (χ0) is 22.3. The number of rotatable bonds is 8. The molecule has 2 N–H and O–H groups in total. The number of aliphatic hydroxyl groups is 1. The Morgan fingerprint density at radius 2 is 2.07 bits per heavy atom. The second kappa shape index (κ2) is 11.0. The second-order valence-corrected chi connectivity index (χ2v) is 7.60. The zero-order valence-corrected chi connectivity index (χ0v) is 17.4. The Bertz CT molecular complexity index is 801. The van der Waals surface area contributed by atoms with Crippen molar-refractivity contribution in [3.63, 3.8) is 0 Å². The number of carbonyl (C=O) groups is 2. The Balaban J connectivity index is 2.42. The van der Waals surface area contributed by atoms with E-state index in [1.165, 1.54) is 32.9 Å². The summed E-state index contributed by atoms with van der Waals surface area (Å²) in [6.45, 7) is 3.52. The van der Waals surface area contributed by atoms with Crippen LogP contribution in [0.3, 0.4) is 0 Å². The van der Waals surface area contributed by atoms with Crippen LogP contribution in [0.1, 0.15) is 20.8 Å². The Kier molecular flexibility index (Phi) is 8.75. The van der Waals surface area contributed by atoms with Crippen molar-refractivity contribution in [1.82, 2.24) is 0 Å². The summed E-state index contributed by atoms with van der Waals surface area (Å²) in [6, 6.07) is 5.23. The molecule has 1 fully saturated rings. The van der Waals surface area contributed by atoms with Gasteiger partial charge in [-0.25, -0.2) is 0 Å². The van der Waals surface area contributed by atoms with Crippen molar-refractivity contribution in [1.29, 1.82) is 0 Å². The lowest BCUT2D eigenvalue weighted by Gasteiger charge is -2.44. The topological polar surface area (TPSA) is 160 Å². The van der Waals surface area contributed by atoms with Crippen molar-refractivity contribution in [2.24, 2.45) is 5.11 Å². The molecule has 0 radical (unpaired) electrons. The minimum atomic E-state index is -1.26. The molecule has 2 rings (SSSR count). The Morgan fingerprint density at radius 1 is 1.33 bits per heavy atom. The number of esters is 2. The number of aromatic hydroxyl groups is 1. The first-order valence-electron chi connectivity index (χ1n) is 9.00. The van der Waals surface area contributed by atoms with Gasteiger partial charge in [0.05, 0.1) is 0 Å². The van der Waals surface area contributed by atoms with E-state index in [9.17, 15) is 19.8 Å². The first kappa shape index (κ1) is 23.8. The quantitative estimate of drug-likeness (QED) is 0.202. The van der Waals surface area contributed by atoms with Gasteiger partial charge in [0.2, 0.25) is 0 Å². The van der Waals surface area contributed by atoms with Crippen molar-refractivity contribution in [2.45, 2.75) is 61.7 Å². The molecule has 164 valence electrons. The van der Waals surface area contributed by atoms with E-state index >= 15 is 0 Å². The lowest BCUT2D eigenvalue weighted by atomic mass is 9.97. The van der Waals surface area contributed by atoms with E-state index in [1.54, 1.807) is 12.1 Å². The van der Waals surface area contributed by atoms with E-state index in [2.05, 4.69) is 10.0 Å². The van der Waals surface area contributed by atoms with E-state index in [1.807, 2.05) is 0 Å². The van der Waals surface area contributed by atoms with Gasteiger partial charge in [0.1, 0.15) is 42.1 Å². The standard InChI is InChI=1S/C18H23N3O8S/c1-9(22)26-8-14-16(27-10(2)23)15(20-21-19)17(28-11(3)24)18(29-14)30-13-6-4-5-12(25)7-13/h4-7,10,14-18,23,25H,8H2,1-3H3/t10?,14?,15?,16-,17?,18+/m0/s1. The largest absolute Gasteiger partial charge is 0.508 e. The molecule has 6 atom stereocenters. The highest BCUT2D eigenvalue weighted by Crippen LogP contribution is 2.38. The number of carbonyl (C=O) groups excluding carboxylic acids is 2. The van der Waals surface area contributed by atoms with E-state index < -0.39 is 48.0 Å². The minimum absolute atomic E-state index is 0.0261. The highest BCUT2D eigenvalue weighted by atomic mass is 32.2. The summed E-state index contributed by atoms with van der Waals surface area (Å²) in [5, 5.41) is 23.2. The van der Waals surface area contributed by atoms with Gasteiger partial charge in [-0.3, -0.25) is 9.59 Å². The van der Waals surface area contributed by atoms with Gasteiger partial charge in [-0.05, 0) is 30.7 Å². The highest BCUT2D eigenvalue weighted by Gasteiger charge is 2.49. The minimum Gasteiger partial charge on any atom is -0.508 e. The molecule has 1 heterocycles. The fraction of sp³-hybridized carbons (Fsp3) is 0.556. The van der Waals surface area contributed by atoms with Gasteiger partial charge in [-0.1, -0.05) is 22.9 Å². The van der Waals surface area contributed by atoms with Crippen LogP contribution in [0.2, 0.25) is 0 Å². The molecule has 0 aromatic heterocycles. The van der Waals surface area contributed by atoms with Crippen LogP contribution in [0.5, 0.6) is 5.75 Å². The lowest BCUT2D eigenvalue weighted by molar-refractivity contribution is -0.230. The molecule has 0 amide bonds. The predicted octanol–water partition coefficient (Wildman–Crippen LogP) is 2.11. The highest BCUT2D eigenvalue weighted by molar-refractivity contribution is 7.99. The number of hydrogen-bond acceptors (Lipinski definition) is 10. The van der Waals surface area contributed by atoms with Gasteiger partial charge in [0.15, 0.2) is 6.29 Å². The molecule has 0 bridgehead atoms. The molecule has 0 spiro atoms. The van der Waals surface area contributed by atoms with Crippen molar-refractivity contribution < 1.29 is 38.7 Å². The third-order valence-corrected chi connectivity index (χ3v) is 5.12. The molecule has 11 nitrogen and oxygen atoms in total. The van der Waals surface area contributed by atoms with Gasteiger partial charge in [0.25, 0.3) is 0 Å². The number of azide groups is 1. The average molecular weight is 441 g/mol. The van der Waals surface area contributed by atoms with Crippen LogP contribution in [-0.2, 0) is 28.5 Å². The number of hydrogen-bond donors (Lipinski definition) is 2. The number of benzene rings is 1. The summed E-state index contributed by atoms with van der Waals surface area (Å²) in [5.74, 6) is -1.18. The fourth-order valence-electron chi connectivity index (χ4n) is 2.92. The molecule has 0 saturated carbocycles. The molecule has 1 aromatic carbocycles. The van der Waals surface area contributed by atoms with Crippen LogP contribution in [-0.4, -0.2) is 64.8 Å². The van der Waals surface area contributed by atoms with E-state index in [4.69, 9.17) is 24.5 Å². The molecule has 0 aliphatic carbocycles. The van der Waals surface area contributed by atoms with Crippen molar-refractivity contribution in [2.75, 3.05) is 6.61 Å². The van der Waals surface area contributed by atoms with Gasteiger partial charge < -0.3 is 29.2 Å². The Labute approximate surface area is 176 Å². The smallest absolute Gasteiger partial charge is 0.303 e. The van der Waals surface area contributed by atoms with Gasteiger partial charge >= 0.3 is 11.9 Å². The molecule has 1 aliphatic heterocycles. The summed E-state index contributed by atoms with van der Waals surface area (Å²) in [5.41, 5.74) is 8.18. The first-order valence-corrected chi connectivity index (χ1v) is 9.88. The number of phenols is 1. The third kappa shape index (κ3) is 6.78. The van der Waals surface area contributed by atoms with Crippen molar-refractivity contribution >= 4 is 23.7 Å². The van der Waals surface area contributed by atoms with Crippen LogP contribution < -0.4 is 0 Å². The average Bonchev–Trinajstić information content (AvgIpc) is 2.64. The van der Waals surface area contributed by atoms with Gasteiger partial charge in [0, 0.05) is 23.7 Å². The first-order chi connectivity index (χ1) is 14.2. The van der Waals surface area contributed by atoms with E-state index in [-0.39, 0.29) is 12.4 Å². The summed E-state index contributed by atoms with van der Waals surface area (Å²) in [7, 11) is 0. The molecule has 4 unspecified atom stereocenters. The maximum absolute atomic E-state index is 11.7. The molecule has 30 heavy (non-hydrogen) atoms. The summed E-state index contributed by atoms with van der Waals surface area (Å²) < 4.78 is 21.9. The molecular formula is C18H23N3O8S. The molecule has 1 aliphatic rings. The number of aliphatic hydroxyl groups excluding tert-OH is 1. The van der Waals surface area contributed by atoms with Crippen LogP contribution in [0, 0.1) is 0 Å². The Morgan fingerprint density at radius 3 is 2.63 bits per heavy atom. The monoisotopic (exact) mass is 441 g/mol. The van der Waals surface area contributed by atoms with Gasteiger partial charge in [-0.15, -0.1) is 0 Å². The number of ether oxygens (including phenoxy) is 4. The molecular weight excluding hydrogens is 418 g/mol. The van der Waals surface area contributed by atoms with Crippen molar-refractivity contribution in [3.8, 4) is 5.75 Å². The zero-order valence-electron chi connectivity index (χ0n) is 16.6. The van der Waals surface area contributed by atoms with E-state index in [0.29, 0.717) is 4.90 Å². The van der Waals surface area contributed by atoms with Gasteiger partial charge in [-0.2, -0.15) is 0 Å². The molecule has 12 heteroatoms. The number of nitrogens with zero attached hydrogens (tertiary/aromatic N) is 3. The van der Waals surface area contributed by atoms with Crippen LogP contribution in [0.25, 0.3) is 10.4 Å². The Hall–Kier alpha value is -2.50. The van der Waals surface area contributed by atoms with Crippen molar-refractivity contribution in [3.05, 3.63) is 34.7 Å². The third-order valence-electron chi connectivity index (χ3n) is 3.98. The lowest BCUT2D eigenvalue weighted by Crippen LogP contribution is -2.59. The fourth-order valence-corrected chi connectivity index (χ4v) is 4.08. The predicted molar refractivity (Wildman–Crippen MR) is 104 cm³/mol. The summed E-state index contributed by atoms with van der Waals surface area (Å²) in [4.78, 5) is 26.4. The summed E-state index contributed by atoms with van der Waals surface area (Å²) in [6.07, 6.45) is -4.34. The van der Waals surface area contributed by atoms with Crippen LogP contribution in [0.15, 0.2) is 34.3 Å². The SMILES string of the molecule is CC(=O)OCC1O[C@H](Sc2cccc(O)c2)C(OC(C)=O)C(N=[N+]=[N-])[C@H]1OC(C)O. The van der Waals surface area contributed by atoms with E-state index in [0.717, 1.165) is 11.8 Å². The maximum atomic E-state index is 11.7. The molecule has 1 saturated heterocycles. The number of thioether (sulfide) groups is 1. The normalized spacial score (nSPS) is 26.9. The van der Waals surface area contributed by atoms with Crippen LogP contribution in [0.4, 0.5) is 0 Å². The summed E-state index contributed by atoms with van der Waals surface area (Å²) >= 11 is 1.12. The second-order valence-electron chi connectivity index (χ2n) is 6.43. The number of phenolic OH excluding ortho intramolecular Hbond substituents is 1. The maximum Gasteiger partial charge on any atom is 0.303 e.